The van der Waals surface area contributed by atoms with Crippen molar-refractivity contribution in [3.63, 3.8) is 0 Å². The molecule has 1 nitrogen and oxygen atoms in total. The van der Waals surface area contributed by atoms with E-state index in [1.807, 2.05) is 4.42 Å². The molecule has 0 aliphatic heterocycles. The predicted octanol–water partition coefficient (Wildman–Crippen LogP) is 9.64. The quantitative estimate of drug-likeness (QED) is 0.158. The van der Waals surface area contributed by atoms with Crippen molar-refractivity contribution in [1.29, 1.82) is 0 Å². The molecule has 0 aliphatic rings. The van der Waals surface area contributed by atoms with Crippen molar-refractivity contribution in [2.45, 2.75) is 129 Å². The number of halogens is 1. The zero-order valence-corrected chi connectivity index (χ0v) is 20.5. The van der Waals surface area contributed by atoms with Gasteiger partial charge in [-0.25, -0.2) is 4.42 Å². The zero-order chi connectivity index (χ0) is 21.2. The van der Waals surface area contributed by atoms with E-state index < -0.39 is 0 Å². The number of hydrogen-bond donors (Lipinski definition) is 0. The summed E-state index contributed by atoms with van der Waals surface area (Å²) in [5, 5.41) is 0. The fraction of sp³-hybridized carbons (Fsp3) is 0.778. The van der Waals surface area contributed by atoms with Crippen molar-refractivity contribution in [3.8, 4) is 0 Å². The summed E-state index contributed by atoms with van der Waals surface area (Å²) in [6.45, 7) is 7.67. The third-order valence-electron chi connectivity index (χ3n) is 6.29. The lowest BCUT2D eigenvalue weighted by Gasteiger charge is -2.33. The van der Waals surface area contributed by atoms with Gasteiger partial charge in [-0.15, -0.1) is 0 Å². The average molecular weight is 422 g/mol. The molecule has 168 valence electrons. The lowest BCUT2D eigenvalue weighted by Crippen LogP contribution is -2.35. The second kappa shape index (κ2) is 17.2. The van der Waals surface area contributed by atoms with Gasteiger partial charge in [-0.1, -0.05) is 134 Å². The summed E-state index contributed by atoms with van der Waals surface area (Å²) in [6, 6.07) is 10.6. The molecule has 0 amide bonds. The van der Waals surface area contributed by atoms with E-state index >= 15 is 0 Å². The largest absolute Gasteiger partial charge is 0.210 e. The fourth-order valence-corrected chi connectivity index (χ4v) is 4.28. The maximum absolute atomic E-state index is 6.61. The summed E-state index contributed by atoms with van der Waals surface area (Å²) in [5.41, 5.74) is 1.17. The first-order chi connectivity index (χ1) is 14.1. The van der Waals surface area contributed by atoms with Gasteiger partial charge < -0.3 is 0 Å². The van der Waals surface area contributed by atoms with Gasteiger partial charge in [-0.3, -0.25) is 0 Å². The van der Waals surface area contributed by atoms with Gasteiger partial charge in [0.25, 0.3) is 0 Å². The van der Waals surface area contributed by atoms with Gasteiger partial charge in [0.2, 0.25) is 0 Å². The lowest BCUT2D eigenvalue weighted by molar-refractivity contribution is 0.236. The standard InChI is InChI=1S/C27H48ClN/c1-4-5-6-7-8-9-10-11-12-13-14-15-16-17-18-22-25-29(28)27(2,3)26-23-20-19-21-24-26/h19-21,23-24H,4-18,22,25H2,1-3H3. The van der Waals surface area contributed by atoms with Crippen molar-refractivity contribution in [1.82, 2.24) is 4.42 Å². The van der Waals surface area contributed by atoms with E-state index in [-0.39, 0.29) is 5.54 Å². The van der Waals surface area contributed by atoms with E-state index in [9.17, 15) is 0 Å². The van der Waals surface area contributed by atoms with Crippen LogP contribution < -0.4 is 0 Å². The maximum atomic E-state index is 6.61. The molecule has 1 rings (SSSR count). The number of nitrogens with zero attached hydrogens (tertiary/aromatic N) is 1. The Balaban J connectivity index is 1.89. The molecule has 0 fully saturated rings. The summed E-state index contributed by atoms with van der Waals surface area (Å²) >= 11 is 6.61. The number of benzene rings is 1. The van der Waals surface area contributed by atoms with Crippen molar-refractivity contribution in [3.05, 3.63) is 35.9 Å². The van der Waals surface area contributed by atoms with Crippen LogP contribution in [0.15, 0.2) is 30.3 Å². The molecule has 29 heavy (non-hydrogen) atoms. The van der Waals surface area contributed by atoms with Crippen LogP contribution in [0.2, 0.25) is 0 Å². The molecule has 0 N–H and O–H groups in total. The Morgan fingerprint density at radius 2 is 1.00 bits per heavy atom. The van der Waals surface area contributed by atoms with Crippen LogP contribution in [0, 0.1) is 0 Å². The second-order valence-corrected chi connectivity index (χ2v) is 9.72. The van der Waals surface area contributed by atoms with Crippen molar-refractivity contribution >= 4 is 11.8 Å². The number of hydrogen-bond acceptors (Lipinski definition) is 1. The summed E-state index contributed by atoms with van der Waals surface area (Å²) in [4.78, 5) is 0. The number of rotatable bonds is 19. The third kappa shape index (κ3) is 12.7. The van der Waals surface area contributed by atoms with E-state index in [0.29, 0.717) is 0 Å². The number of unbranched alkanes of at least 4 members (excludes halogenated alkanes) is 15. The van der Waals surface area contributed by atoms with E-state index in [2.05, 4.69) is 51.1 Å². The normalized spacial score (nSPS) is 12.0. The van der Waals surface area contributed by atoms with Crippen molar-refractivity contribution < 1.29 is 0 Å². The minimum atomic E-state index is -0.113. The lowest BCUT2D eigenvalue weighted by atomic mass is 9.94. The third-order valence-corrected chi connectivity index (χ3v) is 6.89. The maximum Gasteiger partial charge on any atom is 0.0554 e. The summed E-state index contributed by atoms with van der Waals surface area (Å²) < 4.78 is 1.99. The highest BCUT2D eigenvalue weighted by atomic mass is 35.5. The summed E-state index contributed by atoms with van der Waals surface area (Å²) in [5.74, 6) is 0. The molecule has 0 saturated carbocycles. The molecule has 0 saturated heterocycles. The Labute approximate surface area is 187 Å². The Morgan fingerprint density at radius 3 is 1.41 bits per heavy atom. The molecule has 0 radical (unpaired) electrons. The highest BCUT2D eigenvalue weighted by molar-refractivity contribution is 6.13. The molecule has 1 aromatic carbocycles. The zero-order valence-electron chi connectivity index (χ0n) is 19.7. The van der Waals surface area contributed by atoms with Crippen LogP contribution in [0.4, 0.5) is 0 Å². The first-order valence-corrected chi connectivity index (χ1v) is 12.9. The van der Waals surface area contributed by atoms with E-state index in [4.69, 9.17) is 11.8 Å². The SMILES string of the molecule is CCCCCCCCCCCCCCCCCCN(Cl)C(C)(C)c1ccccc1. The second-order valence-electron chi connectivity index (χ2n) is 9.31. The smallest absolute Gasteiger partial charge is 0.0554 e. The van der Waals surface area contributed by atoms with Gasteiger partial charge in [-0.2, -0.15) is 0 Å². The summed E-state index contributed by atoms with van der Waals surface area (Å²) in [7, 11) is 0. The minimum absolute atomic E-state index is 0.113. The van der Waals surface area contributed by atoms with Crippen LogP contribution in [-0.2, 0) is 5.54 Å². The van der Waals surface area contributed by atoms with Crippen LogP contribution >= 0.6 is 11.8 Å². The van der Waals surface area contributed by atoms with Crippen LogP contribution in [0.3, 0.4) is 0 Å². The molecule has 0 heterocycles. The first-order valence-electron chi connectivity index (χ1n) is 12.6. The van der Waals surface area contributed by atoms with Gasteiger partial charge in [0.05, 0.1) is 5.54 Å². The molecule has 0 spiro atoms. The molecule has 2 heteroatoms. The Morgan fingerprint density at radius 1 is 0.621 bits per heavy atom. The Bertz CT molecular complexity index is 471. The molecule has 0 atom stereocenters. The van der Waals surface area contributed by atoms with Gasteiger partial charge in [-0.05, 0) is 37.6 Å². The fourth-order valence-electron chi connectivity index (χ4n) is 4.06. The van der Waals surface area contributed by atoms with E-state index in [1.165, 1.54) is 108 Å². The minimum Gasteiger partial charge on any atom is -0.210 e. The van der Waals surface area contributed by atoms with Crippen LogP contribution in [0.5, 0.6) is 0 Å². The average Bonchev–Trinajstić information content (AvgIpc) is 2.73. The van der Waals surface area contributed by atoms with Gasteiger partial charge in [0.1, 0.15) is 0 Å². The monoisotopic (exact) mass is 421 g/mol. The van der Waals surface area contributed by atoms with Crippen LogP contribution in [0.25, 0.3) is 0 Å². The van der Waals surface area contributed by atoms with Crippen LogP contribution in [-0.4, -0.2) is 11.0 Å². The van der Waals surface area contributed by atoms with E-state index in [0.717, 1.165) is 6.54 Å². The Kier molecular flexibility index (Phi) is 15.7. The molecule has 0 aromatic heterocycles. The molecular weight excluding hydrogens is 374 g/mol. The highest BCUT2D eigenvalue weighted by Crippen LogP contribution is 2.29. The molecule has 1 aromatic rings. The molecule has 0 bridgehead atoms. The molecule has 0 unspecified atom stereocenters. The predicted molar refractivity (Wildman–Crippen MR) is 132 cm³/mol. The van der Waals surface area contributed by atoms with Gasteiger partial charge in [0.15, 0.2) is 0 Å². The molecule has 0 aliphatic carbocycles. The Hall–Kier alpha value is -0.530. The highest BCUT2D eigenvalue weighted by Gasteiger charge is 2.26. The molecular formula is C27H48ClN. The van der Waals surface area contributed by atoms with Crippen LogP contribution in [0.1, 0.15) is 129 Å². The topological polar surface area (TPSA) is 3.24 Å². The summed E-state index contributed by atoms with van der Waals surface area (Å²) in [6.07, 6.45) is 22.5. The van der Waals surface area contributed by atoms with Gasteiger partial charge >= 0.3 is 0 Å². The van der Waals surface area contributed by atoms with Crippen molar-refractivity contribution in [2.75, 3.05) is 6.54 Å². The first kappa shape index (κ1) is 26.5. The van der Waals surface area contributed by atoms with Gasteiger partial charge in [0, 0.05) is 6.54 Å². The van der Waals surface area contributed by atoms with E-state index in [1.54, 1.807) is 0 Å². The van der Waals surface area contributed by atoms with Crippen molar-refractivity contribution in [2.24, 2.45) is 0 Å².